The third-order valence-electron chi connectivity index (χ3n) is 4.99. The van der Waals surface area contributed by atoms with Crippen molar-refractivity contribution in [2.24, 2.45) is 0 Å². The number of anilines is 1. The fraction of sp³-hybridized carbons (Fsp3) is 0.240. The molecule has 9 heteroatoms. The predicted molar refractivity (Wildman–Crippen MR) is 135 cm³/mol. The van der Waals surface area contributed by atoms with Gasteiger partial charge in [-0.15, -0.1) is 11.8 Å². The summed E-state index contributed by atoms with van der Waals surface area (Å²) in [6.07, 6.45) is 1.92. The first-order chi connectivity index (χ1) is 16.4. The molecule has 0 aliphatic rings. The molecule has 34 heavy (non-hydrogen) atoms. The fourth-order valence-electron chi connectivity index (χ4n) is 3.28. The van der Waals surface area contributed by atoms with Gasteiger partial charge in [-0.05, 0) is 67.3 Å². The highest BCUT2D eigenvalue weighted by atomic mass is 32.2. The number of sulfonamides is 1. The summed E-state index contributed by atoms with van der Waals surface area (Å²) in [7, 11) is -2.47. The average molecular weight is 501 g/mol. The second kappa shape index (κ2) is 11.8. The molecule has 0 aliphatic heterocycles. The molecule has 0 saturated carbocycles. The van der Waals surface area contributed by atoms with Gasteiger partial charge in [0.1, 0.15) is 18.0 Å². The van der Waals surface area contributed by atoms with E-state index in [1.165, 1.54) is 11.8 Å². The van der Waals surface area contributed by atoms with E-state index >= 15 is 0 Å². The second-order valence-electron chi connectivity index (χ2n) is 7.22. The molecule has 0 saturated heterocycles. The van der Waals surface area contributed by atoms with Gasteiger partial charge in [-0.3, -0.25) is 9.10 Å². The van der Waals surface area contributed by atoms with Crippen LogP contribution in [0.25, 0.3) is 0 Å². The molecule has 7 nitrogen and oxygen atoms in total. The highest BCUT2D eigenvalue weighted by Gasteiger charge is 2.29. The van der Waals surface area contributed by atoms with Crippen LogP contribution in [0, 0.1) is 0 Å². The molecule has 0 heterocycles. The van der Waals surface area contributed by atoms with Crippen LogP contribution in [0.3, 0.4) is 0 Å². The molecule has 3 rings (SSSR count). The van der Waals surface area contributed by atoms with Crippen LogP contribution in [0.15, 0.2) is 82.6 Å². The summed E-state index contributed by atoms with van der Waals surface area (Å²) in [4.78, 5) is 13.9. The van der Waals surface area contributed by atoms with E-state index in [1.54, 1.807) is 55.6 Å². The number of benzene rings is 3. The van der Waals surface area contributed by atoms with Gasteiger partial charge < -0.3 is 14.8 Å². The number of para-hydroxylation sites is 2. The Morgan fingerprint density at radius 2 is 1.76 bits per heavy atom. The van der Waals surface area contributed by atoms with Crippen LogP contribution in [0.2, 0.25) is 0 Å². The number of hydrogen-bond donors (Lipinski definition) is 1. The minimum absolute atomic E-state index is 0.0946. The van der Waals surface area contributed by atoms with Gasteiger partial charge in [0.2, 0.25) is 5.91 Å². The summed E-state index contributed by atoms with van der Waals surface area (Å²) in [5.74, 6) is 0.614. The molecule has 0 atom stereocenters. The summed E-state index contributed by atoms with van der Waals surface area (Å²) in [5.41, 5.74) is 1.14. The standard InChI is InChI=1S/C25H28N2O5S2/c1-4-32-24-11-6-5-10-23(24)27(34(29,30)22-14-12-21(33-3)13-15-22)18-25(28)26-17-19-8-7-9-20(16-19)31-2/h5-16H,4,17-18H2,1-3H3,(H,26,28). The van der Waals surface area contributed by atoms with Crippen molar-refractivity contribution in [1.82, 2.24) is 5.32 Å². The monoisotopic (exact) mass is 500 g/mol. The third kappa shape index (κ3) is 6.24. The van der Waals surface area contributed by atoms with Crippen LogP contribution < -0.4 is 19.1 Å². The first-order valence-corrected chi connectivity index (χ1v) is 13.3. The van der Waals surface area contributed by atoms with E-state index in [4.69, 9.17) is 9.47 Å². The van der Waals surface area contributed by atoms with Crippen molar-refractivity contribution in [3.63, 3.8) is 0 Å². The maximum Gasteiger partial charge on any atom is 0.264 e. The molecule has 0 aliphatic carbocycles. The van der Waals surface area contributed by atoms with E-state index in [2.05, 4.69) is 5.32 Å². The molecule has 3 aromatic carbocycles. The Morgan fingerprint density at radius 3 is 2.44 bits per heavy atom. The first kappa shape index (κ1) is 25.5. The van der Waals surface area contributed by atoms with Crippen LogP contribution in [-0.4, -0.2) is 40.8 Å². The number of amides is 1. The minimum atomic E-state index is -4.05. The summed E-state index contributed by atoms with van der Waals surface area (Å²) in [5, 5.41) is 2.80. The Labute approximate surface area is 205 Å². The molecular formula is C25H28N2O5S2. The van der Waals surface area contributed by atoms with Crippen LogP contribution in [-0.2, 0) is 21.4 Å². The van der Waals surface area contributed by atoms with Crippen molar-refractivity contribution in [2.75, 3.05) is 30.8 Å². The van der Waals surface area contributed by atoms with Gasteiger partial charge >= 0.3 is 0 Å². The number of ether oxygens (including phenoxy) is 2. The Bertz CT molecular complexity index is 1210. The van der Waals surface area contributed by atoms with Gasteiger partial charge in [-0.1, -0.05) is 24.3 Å². The van der Waals surface area contributed by atoms with Gasteiger partial charge in [0, 0.05) is 11.4 Å². The number of carbonyl (C=O) groups is 1. The Morgan fingerprint density at radius 1 is 1.03 bits per heavy atom. The summed E-state index contributed by atoms with van der Waals surface area (Å²) < 4.78 is 39.3. The number of thioether (sulfide) groups is 1. The van der Waals surface area contributed by atoms with Gasteiger partial charge in [0.15, 0.2) is 0 Å². The highest BCUT2D eigenvalue weighted by Crippen LogP contribution is 2.33. The molecule has 0 spiro atoms. The number of nitrogens with zero attached hydrogens (tertiary/aromatic N) is 1. The lowest BCUT2D eigenvalue weighted by atomic mass is 10.2. The van der Waals surface area contributed by atoms with Crippen molar-refractivity contribution >= 4 is 33.4 Å². The maximum atomic E-state index is 13.6. The summed E-state index contributed by atoms with van der Waals surface area (Å²) in [6, 6.07) is 20.7. The topological polar surface area (TPSA) is 84.9 Å². The molecule has 0 radical (unpaired) electrons. The smallest absolute Gasteiger partial charge is 0.264 e. The number of hydrogen-bond acceptors (Lipinski definition) is 6. The highest BCUT2D eigenvalue weighted by molar-refractivity contribution is 7.98. The fourth-order valence-corrected chi connectivity index (χ4v) is 5.12. The number of methoxy groups -OCH3 is 1. The molecular weight excluding hydrogens is 472 g/mol. The number of nitrogens with one attached hydrogen (secondary N) is 1. The van der Waals surface area contributed by atoms with Crippen molar-refractivity contribution in [1.29, 1.82) is 0 Å². The lowest BCUT2D eigenvalue weighted by Crippen LogP contribution is -2.40. The van der Waals surface area contributed by atoms with Gasteiger partial charge in [0.05, 0.1) is 24.3 Å². The number of rotatable bonds is 11. The van der Waals surface area contributed by atoms with E-state index in [0.29, 0.717) is 23.8 Å². The van der Waals surface area contributed by atoms with Gasteiger partial charge in [0.25, 0.3) is 10.0 Å². The largest absolute Gasteiger partial charge is 0.497 e. The molecule has 1 N–H and O–H groups in total. The van der Waals surface area contributed by atoms with E-state index in [9.17, 15) is 13.2 Å². The minimum Gasteiger partial charge on any atom is -0.497 e. The molecule has 0 unspecified atom stereocenters. The zero-order chi connectivity index (χ0) is 24.6. The summed E-state index contributed by atoms with van der Waals surface area (Å²) in [6.45, 7) is 2.01. The zero-order valence-electron chi connectivity index (χ0n) is 19.4. The molecule has 3 aromatic rings. The van der Waals surface area contributed by atoms with E-state index < -0.39 is 22.5 Å². The SMILES string of the molecule is CCOc1ccccc1N(CC(=O)NCc1cccc(OC)c1)S(=O)(=O)c1ccc(SC)cc1. The van der Waals surface area contributed by atoms with E-state index in [0.717, 1.165) is 14.8 Å². The van der Waals surface area contributed by atoms with Crippen LogP contribution in [0.4, 0.5) is 5.69 Å². The predicted octanol–water partition coefficient (Wildman–Crippen LogP) is 4.33. The quantitative estimate of drug-likeness (QED) is 0.395. The second-order valence-corrected chi connectivity index (χ2v) is 9.96. The average Bonchev–Trinajstić information content (AvgIpc) is 2.87. The van der Waals surface area contributed by atoms with Gasteiger partial charge in [-0.25, -0.2) is 8.42 Å². The maximum absolute atomic E-state index is 13.6. The Kier molecular flexibility index (Phi) is 8.84. The van der Waals surface area contributed by atoms with Crippen molar-refractivity contribution < 1.29 is 22.7 Å². The van der Waals surface area contributed by atoms with Crippen molar-refractivity contribution in [3.05, 3.63) is 78.4 Å². The van der Waals surface area contributed by atoms with Crippen LogP contribution >= 0.6 is 11.8 Å². The molecule has 0 fully saturated rings. The summed E-state index contributed by atoms with van der Waals surface area (Å²) >= 11 is 1.52. The Balaban J connectivity index is 1.90. The first-order valence-electron chi connectivity index (χ1n) is 10.7. The molecule has 0 bridgehead atoms. The third-order valence-corrected chi connectivity index (χ3v) is 7.51. The lowest BCUT2D eigenvalue weighted by Gasteiger charge is -2.26. The number of carbonyl (C=O) groups excluding carboxylic acids is 1. The van der Waals surface area contributed by atoms with E-state index in [1.807, 2.05) is 37.4 Å². The van der Waals surface area contributed by atoms with Crippen LogP contribution in [0.1, 0.15) is 12.5 Å². The molecule has 1 amide bonds. The normalized spacial score (nSPS) is 11.0. The molecule has 180 valence electrons. The van der Waals surface area contributed by atoms with E-state index in [-0.39, 0.29) is 11.4 Å². The van der Waals surface area contributed by atoms with Crippen molar-refractivity contribution in [3.8, 4) is 11.5 Å². The zero-order valence-corrected chi connectivity index (χ0v) is 21.0. The van der Waals surface area contributed by atoms with Crippen LogP contribution in [0.5, 0.6) is 11.5 Å². The van der Waals surface area contributed by atoms with Gasteiger partial charge in [-0.2, -0.15) is 0 Å². The Hall–Kier alpha value is -3.17. The lowest BCUT2D eigenvalue weighted by molar-refractivity contribution is -0.119. The van der Waals surface area contributed by atoms with Crippen molar-refractivity contribution in [2.45, 2.75) is 23.3 Å². The molecule has 0 aromatic heterocycles.